The van der Waals surface area contributed by atoms with E-state index < -0.39 is 13.1 Å². The van der Waals surface area contributed by atoms with Crippen molar-refractivity contribution in [3.8, 4) is 0 Å². The summed E-state index contributed by atoms with van der Waals surface area (Å²) in [6.07, 6.45) is 5.41. The molecule has 1 N–H and O–H groups in total. The average Bonchev–Trinajstić information content (AvgIpc) is 2.64. The molecule has 0 aromatic carbocycles. The largest absolute Gasteiger partial charge is 0.392 e. The number of carbonyl (C=O) groups is 1. The normalized spacial score (nSPS) is 36.3. The predicted molar refractivity (Wildman–Crippen MR) is 95.8 cm³/mol. The summed E-state index contributed by atoms with van der Waals surface area (Å²) < 4.78 is 0. The minimum absolute atomic E-state index is 0.00878. The van der Waals surface area contributed by atoms with Crippen LogP contribution in [0.2, 0.25) is 23.2 Å². The lowest BCUT2D eigenvalue weighted by molar-refractivity contribution is -0.120. The Morgan fingerprint density at radius 2 is 1.95 bits per heavy atom. The highest BCUT2D eigenvalue weighted by Crippen LogP contribution is 2.74. The van der Waals surface area contributed by atoms with Gasteiger partial charge in [0.2, 0.25) is 0 Å². The van der Waals surface area contributed by atoms with Crippen LogP contribution >= 0.6 is 0 Å². The molecule has 126 valence electrons. The van der Waals surface area contributed by atoms with Crippen LogP contribution in [0.4, 0.5) is 0 Å². The standard InChI is InChI=1S/C19H34O2Si/c1-14(13-20)19(22(6,7)17(2,3)4)16(21)12-15-10-8-9-11-18(15,19)5/h15,20H,1,8-13H2,2-7H3. The zero-order valence-electron chi connectivity index (χ0n) is 15.4. The Bertz CT molecular complexity index is 488. The quantitative estimate of drug-likeness (QED) is 0.589. The predicted octanol–water partition coefficient (Wildman–Crippen LogP) is 4.95. The molecule has 0 heterocycles. The molecule has 0 radical (unpaired) electrons. The highest BCUT2D eigenvalue weighted by Gasteiger charge is 2.71. The third kappa shape index (κ3) is 1.97. The van der Waals surface area contributed by atoms with Crippen LogP contribution in [0, 0.1) is 11.3 Å². The van der Waals surface area contributed by atoms with Crippen LogP contribution in [0.5, 0.6) is 0 Å². The first kappa shape index (κ1) is 17.9. The molecule has 3 unspecified atom stereocenters. The van der Waals surface area contributed by atoms with Crippen LogP contribution in [0.1, 0.15) is 59.8 Å². The van der Waals surface area contributed by atoms with Crippen LogP contribution in [0.15, 0.2) is 12.2 Å². The van der Waals surface area contributed by atoms with Gasteiger partial charge in [0, 0.05) is 6.42 Å². The smallest absolute Gasteiger partial charge is 0.141 e. The lowest BCUT2D eigenvalue weighted by Gasteiger charge is -2.59. The fraction of sp³-hybridized carbons (Fsp3) is 0.842. The molecule has 0 bridgehead atoms. The summed E-state index contributed by atoms with van der Waals surface area (Å²) in [6.45, 7) is 18.1. The molecule has 3 heteroatoms. The number of aliphatic hydroxyl groups is 1. The third-order valence-corrected chi connectivity index (χ3v) is 14.5. The van der Waals surface area contributed by atoms with Crippen LogP contribution in [-0.4, -0.2) is 25.6 Å². The van der Waals surface area contributed by atoms with Crippen molar-refractivity contribution in [2.75, 3.05) is 6.61 Å². The van der Waals surface area contributed by atoms with Crippen LogP contribution < -0.4 is 0 Å². The zero-order valence-corrected chi connectivity index (χ0v) is 16.4. The number of fused-ring (bicyclic) bond motifs is 1. The number of ketones is 1. The number of Topliss-reactive ketones (excluding diaryl/α,β-unsaturated/α-hetero) is 1. The van der Waals surface area contributed by atoms with Gasteiger partial charge in [0.25, 0.3) is 0 Å². The average molecular weight is 323 g/mol. The highest BCUT2D eigenvalue weighted by molar-refractivity contribution is 6.87. The second-order valence-electron chi connectivity index (χ2n) is 9.37. The van der Waals surface area contributed by atoms with Gasteiger partial charge in [0.1, 0.15) is 5.78 Å². The molecule has 2 saturated carbocycles. The molecule has 2 rings (SSSR count). The molecule has 0 aromatic heterocycles. The molecule has 2 aliphatic carbocycles. The highest BCUT2D eigenvalue weighted by atomic mass is 28.3. The maximum Gasteiger partial charge on any atom is 0.141 e. The molecule has 2 fully saturated rings. The fourth-order valence-electron chi connectivity index (χ4n) is 5.71. The SMILES string of the molecule is C=C(CO)C1([Si](C)(C)C(C)(C)C)C(=O)CC2CCCCC21C. The van der Waals surface area contributed by atoms with E-state index in [4.69, 9.17) is 0 Å². The van der Waals surface area contributed by atoms with Crippen molar-refractivity contribution in [2.45, 2.75) is 83.0 Å². The number of rotatable bonds is 3. The van der Waals surface area contributed by atoms with Crippen molar-refractivity contribution in [2.24, 2.45) is 11.3 Å². The third-order valence-electron chi connectivity index (χ3n) is 7.64. The first-order chi connectivity index (χ1) is 9.96. The molecule has 0 saturated heterocycles. The van der Waals surface area contributed by atoms with E-state index >= 15 is 0 Å². The lowest BCUT2D eigenvalue weighted by Crippen LogP contribution is -2.60. The monoisotopic (exact) mass is 322 g/mol. The Hall–Kier alpha value is -0.413. The minimum Gasteiger partial charge on any atom is -0.392 e. The van der Waals surface area contributed by atoms with Crippen molar-refractivity contribution >= 4 is 13.9 Å². The van der Waals surface area contributed by atoms with Gasteiger partial charge in [-0.25, -0.2) is 0 Å². The molecule has 0 aliphatic heterocycles. The maximum absolute atomic E-state index is 13.4. The van der Waals surface area contributed by atoms with E-state index in [1.807, 2.05) is 0 Å². The van der Waals surface area contributed by atoms with E-state index in [1.54, 1.807) is 0 Å². The summed E-state index contributed by atoms with van der Waals surface area (Å²) in [5.74, 6) is 0.860. The summed E-state index contributed by atoms with van der Waals surface area (Å²) in [4.78, 5) is 13.4. The number of aliphatic hydroxyl groups excluding tert-OH is 1. The van der Waals surface area contributed by atoms with Gasteiger partial charge in [0.15, 0.2) is 0 Å². The molecular formula is C19H34O2Si. The number of hydrogen-bond acceptors (Lipinski definition) is 2. The number of hydrogen-bond donors (Lipinski definition) is 1. The van der Waals surface area contributed by atoms with Crippen molar-refractivity contribution in [3.63, 3.8) is 0 Å². The zero-order chi connectivity index (χ0) is 17.0. The molecule has 2 aliphatic rings. The van der Waals surface area contributed by atoms with Gasteiger partial charge in [-0.15, -0.1) is 0 Å². The summed E-state index contributed by atoms with van der Waals surface area (Å²) in [5, 5.41) is 9.60. The van der Waals surface area contributed by atoms with Gasteiger partial charge in [-0.05, 0) is 34.8 Å². The first-order valence-electron chi connectivity index (χ1n) is 8.79. The van der Waals surface area contributed by atoms with E-state index in [0.717, 1.165) is 18.4 Å². The van der Waals surface area contributed by atoms with E-state index in [2.05, 4.69) is 47.4 Å². The van der Waals surface area contributed by atoms with E-state index in [9.17, 15) is 9.90 Å². The van der Waals surface area contributed by atoms with E-state index in [0.29, 0.717) is 18.1 Å². The Labute approximate surface area is 137 Å². The fourth-order valence-corrected chi connectivity index (χ4v) is 10.4. The summed E-state index contributed by atoms with van der Waals surface area (Å²) in [7, 11) is -2.06. The summed E-state index contributed by atoms with van der Waals surface area (Å²) in [6, 6.07) is 0. The molecule has 0 aromatic rings. The van der Waals surface area contributed by atoms with E-state index in [-0.39, 0.29) is 17.1 Å². The van der Waals surface area contributed by atoms with Gasteiger partial charge in [-0.2, -0.15) is 0 Å². The Balaban J connectivity index is 2.74. The van der Waals surface area contributed by atoms with Crippen LogP contribution in [0.3, 0.4) is 0 Å². The van der Waals surface area contributed by atoms with Gasteiger partial charge >= 0.3 is 0 Å². The number of carbonyl (C=O) groups excluding carboxylic acids is 1. The van der Waals surface area contributed by atoms with Crippen molar-refractivity contribution in [3.05, 3.63) is 12.2 Å². The summed E-state index contributed by atoms with van der Waals surface area (Å²) >= 11 is 0. The van der Waals surface area contributed by atoms with Crippen molar-refractivity contribution < 1.29 is 9.90 Å². The second kappa shape index (κ2) is 5.30. The molecular weight excluding hydrogens is 288 g/mol. The Morgan fingerprint density at radius 3 is 2.45 bits per heavy atom. The van der Waals surface area contributed by atoms with Gasteiger partial charge in [-0.1, -0.05) is 60.2 Å². The molecule has 0 spiro atoms. The van der Waals surface area contributed by atoms with Gasteiger partial charge in [0.05, 0.1) is 19.7 Å². The van der Waals surface area contributed by atoms with Crippen molar-refractivity contribution in [1.29, 1.82) is 0 Å². The Kier molecular flexibility index (Phi) is 4.32. The van der Waals surface area contributed by atoms with Crippen molar-refractivity contribution in [1.82, 2.24) is 0 Å². The topological polar surface area (TPSA) is 37.3 Å². The lowest BCUT2D eigenvalue weighted by atomic mass is 9.63. The molecule has 22 heavy (non-hydrogen) atoms. The molecule has 2 nitrogen and oxygen atoms in total. The van der Waals surface area contributed by atoms with Gasteiger partial charge < -0.3 is 5.11 Å². The van der Waals surface area contributed by atoms with Crippen LogP contribution in [0.25, 0.3) is 0 Å². The summed E-state index contributed by atoms with van der Waals surface area (Å²) in [5.41, 5.74) is 0.793. The van der Waals surface area contributed by atoms with Crippen LogP contribution in [-0.2, 0) is 4.79 Å². The molecule has 0 amide bonds. The first-order valence-corrected chi connectivity index (χ1v) is 11.8. The Morgan fingerprint density at radius 1 is 1.36 bits per heavy atom. The second-order valence-corrected chi connectivity index (χ2v) is 14.9. The van der Waals surface area contributed by atoms with Gasteiger partial charge in [-0.3, -0.25) is 4.79 Å². The minimum atomic E-state index is -2.06. The van der Waals surface area contributed by atoms with E-state index in [1.165, 1.54) is 12.8 Å². The maximum atomic E-state index is 13.4. The molecule has 3 atom stereocenters.